The van der Waals surface area contributed by atoms with Crippen LogP contribution < -0.4 is 14.4 Å². The van der Waals surface area contributed by atoms with Gasteiger partial charge in [-0.2, -0.15) is 0 Å². The van der Waals surface area contributed by atoms with E-state index in [0.717, 1.165) is 15.4 Å². The summed E-state index contributed by atoms with van der Waals surface area (Å²) in [4.78, 5) is 13.1. The molecule has 0 spiro atoms. The van der Waals surface area contributed by atoms with Gasteiger partial charge in [-0.15, -0.1) is 0 Å². The van der Waals surface area contributed by atoms with Gasteiger partial charge in [0, 0.05) is 10.7 Å². The number of benzene rings is 3. The van der Waals surface area contributed by atoms with Crippen molar-refractivity contribution in [3.8, 4) is 5.75 Å². The summed E-state index contributed by atoms with van der Waals surface area (Å²) in [6, 6.07) is 17.0. The number of carbonyl (C=O) groups excluding carboxylic acids is 1. The molecule has 6 nitrogen and oxygen atoms in total. The van der Waals surface area contributed by atoms with Gasteiger partial charge in [0.1, 0.15) is 12.3 Å². The fourth-order valence-electron chi connectivity index (χ4n) is 3.29. The van der Waals surface area contributed by atoms with E-state index in [2.05, 4.69) is 5.32 Å². The topological polar surface area (TPSA) is 75.7 Å². The molecule has 168 valence electrons. The number of methoxy groups -OCH3 is 1. The summed E-state index contributed by atoms with van der Waals surface area (Å²) in [6.07, 6.45) is 0. The van der Waals surface area contributed by atoms with Crippen LogP contribution in [0.5, 0.6) is 5.75 Å². The highest BCUT2D eigenvalue weighted by molar-refractivity contribution is 7.93. The number of aryl methyl sites for hydroxylation is 3. The summed E-state index contributed by atoms with van der Waals surface area (Å²) in [5.41, 5.74) is 2.99. The number of nitrogens with zero attached hydrogens (tertiary/aromatic N) is 1. The molecule has 0 aliphatic rings. The molecule has 0 aliphatic heterocycles. The highest BCUT2D eigenvalue weighted by atomic mass is 35.5. The minimum absolute atomic E-state index is 0.134. The van der Waals surface area contributed by atoms with Gasteiger partial charge in [0.05, 0.1) is 17.7 Å². The first-order valence-electron chi connectivity index (χ1n) is 9.92. The van der Waals surface area contributed by atoms with Crippen LogP contribution in [0.25, 0.3) is 0 Å². The SMILES string of the molecule is COc1ccccc1N(CC(=O)Nc1cc(Cl)ccc1C)S(=O)(=O)c1cc(C)ccc1C. The van der Waals surface area contributed by atoms with E-state index < -0.39 is 22.5 Å². The Morgan fingerprint density at radius 2 is 1.69 bits per heavy atom. The van der Waals surface area contributed by atoms with Crippen molar-refractivity contribution in [2.75, 3.05) is 23.3 Å². The summed E-state index contributed by atoms with van der Waals surface area (Å²) in [6.45, 7) is 4.93. The monoisotopic (exact) mass is 472 g/mol. The van der Waals surface area contributed by atoms with Crippen molar-refractivity contribution >= 4 is 38.9 Å². The maximum absolute atomic E-state index is 13.8. The van der Waals surface area contributed by atoms with Gasteiger partial charge >= 0.3 is 0 Å². The lowest BCUT2D eigenvalue weighted by Crippen LogP contribution is -2.38. The zero-order valence-corrected chi connectivity index (χ0v) is 19.9. The molecule has 0 saturated carbocycles. The zero-order valence-electron chi connectivity index (χ0n) is 18.3. The molecule has 0 aromatic heterocycles. The van der Waals surface area contributed by atoms with E-state index in [1.807, 2.05) is 19.9 Å². The fourth-order valence-corrected chi connectivity index (χ4v) is 5.20. The molecule has 0 aliphatic carbocycles. The van der Waals surface area contributed by atoms with Crippen LogP contribution >= 0.6 is 11.6 Å². The number of para-hydroxylation sites is 2. The van der Waals surface area contributed by atoms with Crippen LogP contribution in [-0.2, 0) is 14.8 Å². The van der Waals surface area contributed by atoms with Gasteiger partial charge in [0.25, 0.3) is 10.0 Å². The van der Waals surface area contributed by atoms with Gasteiger partial charge in [0.15, 0.2) is 0 Å². The lowest BCUT2D eigenvalue weighted by Gasteiger charge is -2.26. The number of nitrogens with one attached hydrogen (secondary N) is 1. The lowest BCUT2D eigenvalue weighted by atomic mass is 10.2. The van der Waals surface area contributed by atoms with Crippen LogP contribution in [0, 0.1) is 20.8 Å². The van der Waals surface area contributed by atoms with Crippen LogP contribution in [0.15, 0.2) is 65.6 Å². The second-order valence-electron chi connectivity index (χ2n) is 7.46. The normalized spacial score (nSPS) is 11.2. The number of rotatable bonds is 7. The summed E-state index contributed by atoms with van der Waals surface area (Å²) in [5, 5.41) is 3.24. The van der Waals surface area contributed by atoms with Crippen molar-refractivity contribution in [1.29, 1.82) is 0 Å². The van der Waals surface area contributed by atoms with Gasteiger partial charge in [-0.1, -0.05) is 41.9 Å². The first kappa shape index (κ1) is 23.6. The third kappa shape index (κ3) is 5.06. The Labute approximate surface area is 193 Å². The molecule has 3 aromatic rings. The number of anilines is 2. The quantitative estimate of drug-likeness (QED) is 0.518. The molecular weight excluding hydrogens is 448 g/mol. The molecule has 0 unspecified atom stereocenters. The molecule has 0 heterocycles. The third-order valence-corrected chi connectivity index (χ3v) is 7.16. The van der Waals surface area contributed by atoms with E-state index in [9.17, 15) is 13.2 Å². The summed E-state index contributed by atoms with van der Waals surface area (Å²) in [7, 11) is -2.62. The zero-order chi connectivity index (χ0) is 23.5. The van der Waals surface area contributed by atoms with Crippen molar-refractivity contribution in [3.63, 3.8) is 0 Å². The number of amides is 1. The van der Waals surface area contributed by atoms with Crippen LogP contribution in [0.4, 0.5) is 11.4 Å². The minimum atomic E-state index is -4.08. The summed E-state index contributed by atoms with van der Waals surface area (Å²) in [5.74, 6) is -0.164. The number of hydrogen-bond acceptors (Lipinski definition) is 4. The second-order valence-corrected chi connectivity index (χ2v) is 9.73. The molecule has 3 rings (SSSR count). The molecular formula is C24H25ClN2O4S. The first-order valence-corrected chi connectivity index (χ1v) is 11.7. The third-order valence-electron chi connectivity index (χ3n) is 5.03. The number of carbonyl (C=O) groups is 1. The fraction of sp³-hybridized carbons (Fsp3) is 0.208. The molecule has 0 bridgehead atoms. The Hall–Kier alpha value is -3.03. The van der Waals surface area contributed by atoms with Crippen LogP contribution in [0.3, 0.4) is 0 Å². The molecule has 0 radical (unpaired) electrons. The van der Waals surface area contributed by atoms with Crippen molar-refractivity contribution in [1.82, 2.24) is 0 Å². The van der Waals surface area contributed by atoms with Crippen molar-refractivity contribution in [2.24, 2.45) is 0 Å². The van der Waals surface area contributed by atoms with E-state index in [-0.39, 0.29) is 10.6 Å². The molecule has 0 fully saturated rings. The van der Waals surface area contributed by atoms with E-state index >= 15 is 0 Å². The van der Waals surface area contributed by atoms with Gasteiger partial charge in [-0.25, -0.2) is 8.42 Å². The molecule has 0 saturated heterocycles. The van der Waals surface area contributed by atoms with E-state index in [1.54, 1.807) is 61.5 Å². The number of ether oxygens (including phenoxy) is 1. The van der Waals surface area contributed by atoms with Crippen molar-refractivity contribution in [3.05, 3.63) is 82.4 Å². The van der Waals surface area contributed by atoms with Gasteiger partial charge in [-0.3, -0.25) is 9.10 Å². The summed E-state index contributed by atoms with van der Waals surface area (Å²) >= 11 is 6.05. The lowest BCUT2D eigenvalue weighted by molar-refractivity contribution is -0.114. The maximum atomic E-state index is 13.8. The largest absolute Gasteiger partial charge is 0.495 e. The number of halogens is 1. The average molecular weight is 473 g/mol. The smallest absolute Gasteiger partial charge is 0.265 e. The molecule has 8 heteroatoms. The summed E-state index contributed by atoms with van der Waals surface area (Å²) < 4.78 is 34.0. The van der Waals surface area contributed by atoms with E-state index in [0.29, 0.717) is 22.0 Å². The predicted molar refractivity (Wildman–Crippen MR) is 128 cm³/mol. The van der Waals surface area contributed by atoms with Crippen molar-refractivity contribution < 1.29 is 17.9 Å². The highest BCUT2D eigenvalue weighted by Gasteiger charge is 2.30. The Morgan fingerprint density at radius 1 is 1.00 bits per heavy atom. The van der Waals surface area contributed by atoms with Gasteiger partial charge < -0.3 is 10.1 Å². The van der Waals surface area contributed by atoms with Crippen LogP contribution in [0.2, 0.25) is 5.02 Å². The van der Waals surface area contributed by atoms with Crippen LogP contribution in [-0.4, -0.2) is 28.0 Å². The van der Waals surface area contributed by atoms with E-state index in [4.69, 9.17) is 16.3 Å². The van der Waals surface area contributed by atoms with Crippen LogP contribution in [0.1, 0.15) is 16.7 Å². The van der Waals surface area contributed by atoms with Gasteiger partial charge in [0.2, 0.25) is 5.91 Å². The highest BCUT2D eigenvalue weighted by Crippen LogP contribution is 2.33. The van der Waals surface area contributed by atoms with Gasteiger partial charge in [-0.05, 0) is 67.8 Å². The van der Waals surface area contributed by atoms with E-state index in [1.165, 1.54) is 7.11 Å². The van der Waals surface area contributed by atoms with Crippen molar-refractivity contribution in [2.45, 2.75) is 25.7 Å². The number of hydrogen-bond donors (Lipinski definition) is 1. The maximum Gasteiger partial charge on any atom is 0.265 e. The molecule has 32 heavy (non-hydrogen) atoms. The Balaban J connectivity index is 2.06. The molecule has 1 N–H and O–H groups in total. The molecule has 0 atom stereocenters. The Bertz CT molecular complexity index is 1260. The average Bonchev–Trinajstić information content (AvgIpc) is 2.76. The minimum Gasteiger partial charge on any atom is -0.495 e. The Kier molecular flexibility index (Phi) is 7.11. The first-order chi connectivity index (χ1) is 15.1. The molecule has 3 aromatic carbocycles. The standard InChI is InChI=1S/C24H25ClN2O4S/c1-16-9-10-18(3)23(13-16)32(29,30)27(21-7-5-6-8-22(21)31-4)15-24(28)26-20-14-19(25)12-11-17(20)2/h5-14H,15H2,1-4H3,(H,26,28). The predicted octanol–water partition coefficient (Wildman–Crippen LogP) is 5.11. The molecule has 1 amide bonds. The Morgan fingerprint density at radius 3 is 2.41 bits per heavy atom. The number of sulfonamides is 1. The second kappa shape index (κ2) is 9.63.